The molecule has 2 aromatic carbocycles. The summed E-state index contributed by atoms with van der Waals surface area (Å²) in [5.74, 6) is -1.10. The Bertz CT molecular complexity index is 1300. The minimum atomic E-state index is -0.638. The number of ether oxygens (including phenoxy) is 2. The van der Waals surface area contributed by atoms with E-state index in [-0.39, 0.29) is 22.0 Å². The first-order chi connectivity index (χ1) is 16.7. The fourth-order valence-corrected chi connectivity index (χ4v) is 4.54. The normalized spacial score (nSPS) is 10.8. The van der Waals surface area contributed by atoms with Gasteiger partial charge >= 0.3 is 5.97 Å². The number of amides is 2. The summed E-state index contributed by atoms with van der Waals surface area (Å²) < 4.78 is 10.4. The van der Waals surface area contributed by atoms with Crippen LogP contribution in [-0.4, -0.2) is 31.5 Å². The highest BCUT2D eigenvalue weighted by atomic mass is 35.5. The number of carbonyl (C=O) groups excluding carboxylic acids is 3. The van der Waals surface area contributed by atoms with Gasteiger partial charge in [-0.25, -0.2) is 4.79 Å². The highest BCUT2D eigenvalue weighted by molar-refractivity contribution is 7.19. The minimum Gasteiger partial charge on any atom is -0.495 e. The molecule has 1 heterocycles. The van der Waals surface area contributed by atoms with Gasteiger partial charge < -0.3 is 20.1 Å². The van der Waals surface area contributed by atoms with E-state index in [1.807, 2.05) is 0 Å². The molecule has 3 aromatic rings. The van der Waals surface area contributed by atoms with Gasteiger partial charge in [-0.05, 0) is 55.3 Å². The van der Waals surface area contributed by atoms with E-state index < -0.39 is 17.8 Å². The molecule has 0 fully saturated rings. The van der Waals surface area contributed by atoms with E-state index in [1.165, 1.54) is 13.2 Å². The zero-order valence-corrected chi connectivity index (χ0v) is 21.4. The molecule has 182 valence electrons. The Morgan fingerprint density at radius 3 is 2.49 bits per heavy atom. The van der Waals surface area contributed by atoms with Crippen LogP contribution in [0, 0.1) is 6.92 Å². The van der Waals surface area contributed by atoms with Gasteiger partial charge in [0.1, 0.15) is 10.8 Å². The first kappa shape index (κ1) is 26.3. The average Bonchev–Trinajstić information content (AvgIpc) is 3.16. The lowest BCUT2D eigenvalue weighted by atomic mass is 10.1. The second-order valence-electron chi connectivity index (χ2n) is 7.13. The van der Waals surface area contributed by atoms with Crippen LogP contribution in [0.2, 0.25) is 10.0 Å². The maximum Gasteiger partial charge on any atom is 0.341 e. The van der Waals surface area contributed by atoms with Crippen LogP contribution < -0.4 is 15.4 Å². The second-order valence-corrected chi connectivity index (χ2v) is 8.97. The topological polar surface area (TPSA) is 93.7 Å². The van der Waals surface area contributed by atoms with E-state index >= 15 is 0 Å². The van der Waals surface area contributed by atoms with E-state index in [4.69, 9.17) is 32.7 Å². The molecule has 0 bridgehead atoms. The molecule has 1 aromatic heterocycles. The number of nitrogens with one attached hydrogen (secondary N) is 2. The van der Waals surface area contributed by atoms with Crippen molar-refractivity contribution in [3.63, 3.8) is 0 Å². The molecule has 0 atom stereocenters. The molecule has 35 heavy (non-hydrogen) atoms. The number of anilines is 2. The largest absolute Gasteiger partial charge is 0.495 e. The SMILES string of the molecule is CCOC(=O)c1c(NC(=O)/C=C/c2ccc(Cl)c(Cl)c2)sc(C(=O)Nc2ccccc2OC)c1C. The minimum absolute atomic E-state index is 0.123. The van der Waals surface area contributed by atoms with E-state index in [9.17, 15) is 14.4 Å². The van der Waals surface area contributed by atoms with Crippen LogP contribution in [0.5, 0.6) is 5.75 Å². The first-order valence-electron chi connectivity index (χ1n) is 10.4. The molecule has 7 nitrogen and oxygen atoms in total. The quantitative estimate of drug-likeness (QED) is 0.256. The Labute approximate surface area is 216 Å². The van der Waals surface area contributed by atoms with Gasteiger partial charge in [-0.15, -0.1) is 11.3 Å². The fraction of sp³-hybridized carbons (Fsp3) is 0.160. The summed E-state index contributed by atoms with van der Waals surface area (Å²) in [5, 5.41) is 6.43. The van der Waals surface area contributed by atoms with Crippen molar-refractivity contribution >= 4 is 69.1 Å². The van der Waals surface area contributed by atoms with Gasteiger partial charge in [-0.2, -0.15) is 0 Å². The van der Waals surface area contributed by atoms with Gasteiger partial charge in [-0.1, -0.05) is 41.4 Å². The van der Waals surface area contributed by atoms with Gasteiger partial charge in [0.2, 0.25) is 5.91 Å². The maximum absolute atomic E-state index is 13.0. The molecule has 0 saturated carbocycles. The Hall–Kier alpha value is -3.33. The summed E-state index contributed by atoms with van der Waals surface area (Å²) >= 11 is 12.9. The van der Waals surface area contributed by atoms with Crippen molar-refractivity contribution in [2.75, 3.05) is 24.4 Å². The molecule has 0 aliphatic heterocycles. The summed E-state index contributed by atoms with van der Waals surface area (Å²) in [6.07, 6.45) is 2.84. The van der Waals surface area contributed by atoms with Crippen LogP contribution >= 0.6 is 34.5 Å². The first-order valence-corrected chi connectivity index (χ1v) is 12.0. The molecule has 0 saturated heterocycles. The van der Waals surface area contributed by atoms with Gasteiger partial charge in [-0.3, -0.25) is 9.59 Å². The number of methoxy groups -OCH3 is 1. The summed E-state index contributed by atoms with van der Waals surface area (Å²) in [4.78, 5) is 38.6. The van der Waals surface area contributed by atoms with E-state index in [0.29, 0.717) is 32.6 Å². The number of rotatable bonds is 8. The molecule has 0 aliphatic carbocycles. The molecule has 2 N–H and O–H groups in total. The second kappa shape index (κ2) is 11.9. The van der Waals surface area contributed by atoms with Crippen molar-refractivity contribution in [1.82, 2.24) is 0 Å². The van der Waals surface area contributed by atoms with Crippen LogP contribution in [-0.2, 0) is 9.53 Å². The molecule has 0 spiro atoms. The van der Waals surface area contributed by atoms with Crippen molar-refractivity contribution in [2.45, 2.75) is 13.8 Å². The Morgan fingerprint density at radius 1 is 1.06 bits per heavy atom. The van der Waals surface area contributed by atoms with Gasteiger partial charge in [0.15, 0.2) is 0 Å². The number of benzene rings is 2. The summed E-state index contributed by atoms with van der Waals surface area (Å²) in [6, 6.07) is 11.9. The van der Waals surface area contributed by atoms with Crippen molar-refractivity contribution in [3.05, 3.63) is 80.2 Å². The Kier molecular flexibility index (Phi) is 8.92. The zero-order valence-electron chi connectivity index (χ0n) is 19.1. The highest BCUT2D eigenvalue weighted by Gasteiger charge is 2.26. The molecular formula is C25H22Cl2N2O5S. The van der Waals surface area contributed by atoms with Crippen molar-refractivity contribution < 1.29 is 23.9 Å². The third-order valence-corrected chi connectivity index (χ3v) is 6.74. The predicted octanol–water partition coefficient (Wildman–Crippen LogP) is 6.45. The van der Waals surface area contributed by atoms with Crippen LogP contribution in [0.3, 0.4) is 0 Å². The van der Waals surface area contributed by atoms with Gasteiger partial charge in [0.25, 0.3) is 5.91 Å². The number of thiophene rings is 1. The van der Waals surface area contributed by atoms with E-state index in [1.54, 1.807) is 62.4 Å². The molecule has 0 unspecified atom stereocenters. The lowest BCUT2D eigenvalue weighted by molar-refractivity contribution is -0.111. The monoisotopic (exact) mass is 532 g/mol. The Morgan fingerprint density at radius 2 is 1.80 bits per heavy atom. The van der Waals surface area contributed by atoms with E-state index in [0.717, 1.165) is 11.3 Å². The lowest BCUT2D eigenvalue weighted by Gasteiger charge is -2.09. The summed E-state index contributed by atoms with van der Waals surface area (Å²) in [6.45, 7) is 3.44. The average molecular weight is 533 g/mol. The smallest absolute Gasteiger partial charge is 0.341 e. The Balaban J connectivity index is 1.88. The van der Waals surface area contributed by atoms with Crippen LogP contribution in [0.15, 0.2) is 48.5 Å². The number of halogens is 2. The zero-order chi connectivity index (χ0) is 25.5. The number of carbonyl (C=O) groups is 3. The van der Waals surface area contributed by atoms with Crippen molar-refractivity contribution in [3.8, 4) is 5.75 Å². The molecule has 3 rings (SSSR count). The third kappa shape index (κ3) is 6.42. The van der Waals surface area contributed by atoms with Crippen molar-refractivity contribution in [2.24, 2.45) is 0 Å². The van der Waals surface area contributed by atoms with Crippen LogP contribution in [0.25, 0.3) is 6.08 Å². The third-order valence-electron chi connectivity index (χ3n) is 4.80. The summed E-state index contributed by atoms with van der Waals surface area (Å²) in [7, 11) is 1.50. The van der Waals surface area contributed by atoms with E-state index in [2.05, 4.69) is 10.6 Å². The van der Waals surface area contributed by atoms with Crippen molar-refractivity contribution in [1.29, 1.82) is 0 Å². The highest BCUT2D eigenvalue weighted by Crippen LogP contribution is 2.35. The molecule has 0 aliphatic rings. The number of hydrogen-bond donors (Lipinski definition) is 2. The van der Waals surface area contributed by atoms with Gasteiger partial charge in [0, 0.05) is 6.08 Å². The predicted molar refractivity (Wildman–Crippen MR) is 140 cm³/mol. The lowest BCUT2D eigenvalue weighted by Crippen LogP contribution is -2.14. The fourth-order valence-electron chi connectivity index (χ4n) is 3.14. The summed E-state index contributed by atoms with van der Waals surface area (Å²) in [5.41, 5.74) is 1.66. The van der Waals surface area contributed by atoms with Crippen LogP contribution in [0.1, 0.15) is 38.1 Å². The van der Waals surface area contributed by atoms with Crippen LogP contribution in [0.4, 0.5) is 10.7 Å². The molecule has 10 heteroatoms. The number of esters is 1. The van der Waals surface area contributed by atoms with Gasteiger partial charge in [0.05, 0.1) is 39.9 Å². The maximum atomic E-state index is 13.0. The number of para-hydroxylation sites is 2. The molecule has 0 radical (unpaired) electrons. The molecular weight excluding hydrogens is 511 g/mol. The molecule has 2 amide bonds. The number of hydrogen-bond acceptors (Lipinski definition) is 6. The standard InChI is InChI=1S/C25H22Cl2N2O5S/c1-4-34-25(32)21-14(2)22(23(31)28-18-7-5-6-8-19(18)33-3)35-24(21)29-20(30)12-10-15-9-11-16(26)17(27)13-15/h5-13H,4H2,1-3H3,(H,28,31)(H,29,30)/b12-10+.